The van der Waals surface area contributed by atoms with Crippen LogP contribution in [0.5, 0.6) is 0 Å². The van der Waals surface area contributed by atoms with Crippen LogP contribution in [0.15, 0.2) is 0 Å². The van der Waals surface area contributed by atoms with Gasteiger partial charge in [0.2, 0.25) is 0 Å². The average molecular weight is 239 g/mol. The van der Waals surface area contributed by atoms with Gasteiger partial charge < -0.3 is 5.32 Å². The van der Waals surface area contributed by atoms with Gasteiger partial charge in [0.15, 0.2) is 0 Å². The minimum Gasteiger partial charge on any atom is -0.314 e. The van der Waals surface area contributed by atoms with E-state index in [0.717, 1.165) is 23.8 Å². The van der Waals surface area contributed by atoms with Gasteiger partial charge in [0.1, 0.15) is 0 Å². The molecule has 0 aliphatic heterocycles. The third-order valence-electron chi connectivity index (χ3n) is 4.36. The molecular formula is C16H33N. The first-order valence-electron chi connectivity index (χ1n) is 7.83. The van der Waals surface area contributed by atoms with Gasteiger partial charge in [0, 0.05) is 6.04 Å². The standard InChI is InChI=1S/C16H33N/c1-13(2)7-5-6-12-17-16-10-8-15(9-11-16)14(3)4/h13-17H,5-12H2,1-4H3. The molecule has 1 saturated carbocycles. The summed E-state index contributed by atoms with van der Waals surface area (Å²) in [6.07, 6.45) is 9.86. The summed E-state index contributed by atoms with van der Waals surface area (Å²) in [7, 11) is 0. The van der Waals surface area contributed by atoms with Crippen molar-refractivity contribution in [2.75, 3.05) is 6.54 Å². The molecule has 0 aromatic rings. The van der Waals surface area contributed by atoms with E-state index in [1.807, 2.05) is 0 Å². The van der Waals surface area contributed by atoms with Gasteiger partial charge in [0.25, 0.3) is 0 Å². The molecule has 0 radical (unpaired) electrons. The van der Waals surface area contributed by atoms with Gasteiger partial charge in [-0.15, -0.1) is 0 Å². The molecule has 1 rings (SSSR count). The second-order valence-corrected chi connectivity index (χ2v) is 6.70. The molecule has 1 N–H and O–H groups in total. The Morgan fingerprint density at radius 2 is 1.59 bits per heavy atom. The largest absolute Gasteiger partial charge is 0.314 e. The predicted molar refractivity (Wildman–Crippen MR) is 77.3 cm³/mol. The van der Waals surface area contributed by atoms with Crippen molar-refractivity contribution in [3.63, 3.8) is 0 Å². The summed E-state index contributed by atoms with van der Waals surface area (Å²) in [5.74, 6) is 2.76. The molecule has 102 valence electrons. The van der Waals surface area contributed by atoms with Gasteiger partial charge in [-0.05, 0) is 56.4 Å². The van der Waals surface area contributed by atoms with E-state index in [1.54, 1.807) is 0 Å². The van der Waals surface area contributed by atoms with Crippen LogP contribution in [0, 0.1) is 17.8 Å². The number of unbranched alkanes of at least 4 members (excludes halogenated alkanes) is 1. The Balaban J connectivity index is 1.99. The molecule has 1 aliphatic carbocycles. The minimum absolute atomic E-state index is 0.823. The fourth-order valence-electron chi connectivity index (χ4n) is 2.97. The number of hydrogen-bond donors (Lipinski definition) is 1. The highest BCUT2D eigenvalue weighted by Gasteiger charge is 2.22. The Hall–Kier alpha value is -0.0400. The van der Waals surface area contributed by atoms with Gasteiger partial charge in [-0.25, -0.2) is 0 Å². The van der Waals surface area contributed by atoms with Crippen LogP contribution in [-0.4, -0.2) is 12.6 Å². The fraction of sp³-hybridized carbons (Fsp3) is 1.00. The number of rotatable bonds is 7. The summed E-state index contributed by atoms with van der Waals surface area (Å²) < 4.78 is 0. The Labute approximate surface area is 109 Å². The van der Waals surface area contributed by atoms with Crippen LogP contribution >= 0.6 is 0 Å². The van der Waals surface area contributed by atoms with Crippen LogP contribution in [0.2, 0.25) is 0 Å². The second kappa shape index (κ2) is 8.13. The maximum atomic E-state index is 3.75. The van der Waals surface area contributed by atoms with Crippen LogP contribution in [0.25, 0.3) is 0 Å². The van der Waals surface area contributed by atoms with Crippen molar-refractivity contribution in [2.45, 2.75) is 78.7 Å². The summed E-state index contributed by atoms with van der Waals surface area (Å²) in [6, 6.07) is 0.823. The van der Waals surface area contributed by atoms with Gasteiger partial charge in [-0.1, -0.05) is 40.5 Å². The molecule has 0 amide bonds. The molecule has 0 bridgehead atoms. The number of nitrogens with one attached hydrogen (secondary N) is 1. The van der Waals surface area contributed by atoms with Crippen molar-refractivity contribution >= 4 is 0 Å². The zero-order valence-electron chi connectivity index (χ0n) is 12.5. The molecule has 0 heterocycles. The molecule has 0 spiro atoms. The Kier molecular flexibility index (Phi) is 7.18. The quantitative estimate of drug-likeness (QED) is 0.639. The highest BCUT2D eigenvalue weighted by molar-refractivity contribution is 4.78. The van der Waals surface area contributed by atoms with E-state index >= 15 is 0 Å². The van der Waals surface area contributed by atoms with E-state index in [-0.39, 0.29) is 0 Å². The molecule has 0 saturated heterocycles. The van der Waals surface area contributed by atoms with Crippen molar-refractivity contribution in [2.24, 2.45) is 17.8 Å². The van der Waals surface area contributed by atoms with Crippen LogP contribution in [0.4, 0.5) is 0 Å². The monoisotopic (exact) mass is 239 g/mol. The fourth-order valence-corrected chi connectivity index (χ4v) is 2.97. The van der Waals surface area contributed by atoms with E-state index in [1.165, 1.54) is 51.5 Å². The molecule has 17 heavy (non-hydrogen) atoms. The Morgan fingerprint density at radius 1 is 0.941 bits per heavy atom. The van der Waals surface area contributed by atoms with Crippen molar-refractivity contribution in [3.8, 4) is 0 Å². The van der Waals surface area contributed by atoms with Crippen LogP contribution in [-0.2, 0) is 0 Å². The highest BCUT2D eigenvalue weighted by atomic mass is 14.9. The summed E-state index contributed by atoms with van der Waals surface area (Å²) in [4.78, 5) is 0. The second-order valence-electron chi connectivity index (χ2n) is 6.70. The Morgan fingerprint density at radius 3 is 2.12 bits per heavy atom. The van der Waals surface area contributed by atoms with Gasteiger partial charge in [-0.2, -0.15) is 0 Å². The van der Waals surface area contributed by atoms with Crippen LogP contribution in [0.1, 0.15) is 72.6 Å². The van der Waals surface area contributed by atoms with Crippen LogP contribution < -0.4 is 5.32 Å². The highest BCUT2D eigenvalue weighted by Crippen LogP contribution is 2.29. The molecule has 0 atom stereocenters. The molecule has 1 nitrogen and oxygen atoms in total. The van der Waals surface area contributed by atoms with E-state index in [9.17, 15) is 0 Å². The van der Waals surface area contributed by atoms with E-state index < -0.39 is 0 Å². The topological polar surface area (TPSA) is 12.0 Å². The minimum atomic E-state index is 0.823. The van der Waals surface area contributed by atoms with Gasteiger partial charge in [-0.3, -0.25) is 0 Å². The smallest absolute Gasteiger partial charge is 0.00672 e. The summed E-state index contributed by atoms with van der Waals surface area (Å²) in [6.45, 7) is 10.6. The first kappa shape index (κ1) is 15.0. The molecule has 1 aliphatic rings. The third kappa shape index (κ3) is 6.45. The predicted octanol–water partition coefficient (Wildman–Crippen LogP) is 4.62. The zero-order chi connectivity index (χ0) is 12.7. The summed E-state index contributed by atoms with van der Waals surface area (Å²) in [5, 5.41) is 3.75. The van der Waals surface area contributed by atoms with E-state index in [2.05, 4.69) is 33.0 Å². The third-order valence-corrected chi connectivity index (χ3v) is 4.36. The molecule has 1 heteroatoms. The molecule has 0 unspecified atom stereocenters. The van der Waals surface area contributed by atoms with Crippen molar-refractivity contribution < 1.29 is 0 Å². The van der Waals surface area contributed by atoms with Gasteiger partial charge in [0.05, 0.1) is 0 Å². The number of hydrogen-bond acceptors (Lipinski definition) is 1. The van der Waals surface area contributed by atoms with Gasteiger partial charge >= 0.3 is 0 Å². The molecule has 0 aromatic carbocycles. The van der Waals surface area contributed by atoms with Crippen molar-refractivity contribution in [1.29, 1.82) is 0 Å². The molecule has 0 aromatic heterocycles. The van der Waals surface area contributed by atoms with Crippen LogP contribution in [0.3, 0.4) is 0 Å². The maximum absolute atomic E-state index is 3.75. The van der Waals surface area contributed by atoms with E-state index in [4.69, 9.17) is 0 Å². The average Bonchev–Trinajstić information content (AvgIpc) is 2.29. The lowest BCUT2D eigenvalue weighted by Gasteiger charge is -2.31. The molecule has 1 fully saturated rings. The lowest BCUT2D eigenvalue weighted by Crippen LogP contribution is -2.34. The zero-order valence-corrected chi connectivity index (χ0v) is 12.5. The summed E-state index contributed by atoms with van der Waals surface area (Å²) in [5.41, 5.74) is 0. The SMILES string of the molecule is CC(C)CCCCNC1CCC(C(C)C)CC1. The molecular weight excluding hydrogens is 206 g/mol. The maximum Gasteiger partial charge on any atom is 0.00672 e. The lowest BCUT2D eigenvalue weighted by atomic mass is 9.80. The first-order chi connectivity index (χ1) is 8.09. The van der Waals surface area contributed by atoms with Crippen molar-refractivity contribution in [3.05, 3.63) is 0 Å². The Bertz CT molecular complexity index is 178. The lowest BCUT2D eigenvalue weighted by molar-refractivity contribution is 0.238. The van der Waals surface area contributed by atoms with E-state index in [0.29, 0.717) is 0 Å². The summed E-state index contributed by atoms with van der Waals surface area (Å²) >= 11 is 0. The normalized spacial score (nSPS) is 25.8. The first-order valence-corrected chi connectivity index (χ1v) is 7.83. The van der Waals surface area contributed by atoms with Crippen molar-refractivity contribution in [1.82, 2.24) is 5.32 Å².